The number of pyridine rings is 1. The smallest absolute Gasteiger partial charge is 0.231 e. The number of aromatic nitrogens is 1. The number of hydrogen-bond donors (Lipinski definition) is 4. The number of hydrogen-bond acceptors (Lipinski definition) is 8. The summed E-state index contributed by atoms with van der Waals surface area (Å²) in [6.07, 6.45) is -2.91. The zero-order chi connectivity index (χ0) is 17.3. The Bertz CT molecular complexity index is 557. The number of ether oxygens (including phenoxy) is 2. The van der Waals surface area contributed by atoms with Crippen LogP contribution in [0.25, 0.3) is 0 Å². The lowest BCUT2D eigenvalue weighted by Gasteiger charge is -2.39. The van der Waals surface area contributed by atoms with E-state index in [1.54, 1.807) is 6.20 Å². The lowest BCUT2D eigenvalue weighted by Crippen LogP contribution is -2.60. The van der Waals surface area contributed by atoms with Gasteiger partial charge in [-0.05, 0) is 32.5 Å². The van der Waals surface area contributed by atoms with Crippen LogP contribution in [0.3, 0.4) is 0 Å². The van der Waals surface area contributed by atoms with E-state index < -0.39 is 37.3 Å². The largest absolute Gasteiger partial charge is 0.445 e. The quantitative estimate of drug-likeness (QED) is 0.553. The topological polar surface area (TPSA) is 116 Å². The second kappa shape index (κ2) is 7.30. The minimum absolute atomic E-state index is 0.165. The molecule has 24 heavy (non-hydrogen) atoms. The van der Waals surface area contributed by atoms with Crippen molar-refractivity contribution in [2.24, 2.45) is 0 Å². The minimum atomic E-state index is -1.47. The third-order valence-electron chi connectivity index (χ3n) is 4.76. The highest BCUT2D eigenvalue weighted by atomic mass is 16.7. The molecule has 4 N–H and O–H groups in total. The fraction of sp³-hybridized carbons (Fsp3) is 0.688. The number of nitrogens with zero attached hydrogens (tertiary/aromatic N) is 2. The van der Waals surface area contributed by atoms with E-state index in [4.69, 9.17) is 9.47 Å². The van der Waals surface area contributed by atoms with Crippen LogP contribution in [0.15, 0.2) is 18.3 Å². The number of aliphatic hydroxyl groups excluding tert-OH is 4. The summed E-state index contributed by atoms with van der Waals surface area (Å²) in [6.45, 7) is 0.490. The van der Waals surface area contributed by atoms with E-state index in [0.29, 0.717) is 5.88 Å². The first-order valence-corrected chi connectivity index (χ1v) is 8.15. The van der Waals surface area contributed by atoms with Gasteiger partial charge < -0.3 is 29.9 Å². The summed E-state index contributed by atoms with van der Waals surface area (Å²) < 4.78 is 11.1. The molecule has 2 aliphatic rings. The third-order valence-corrected chi connectivity index (χ3v) is 4.76. The molecule has 6 atom stereocenters. The molecule has 1 aromatic rings. The Labute approximate surface area is 140 Å². The monoisotopic (exact) mass is 340 g/mol. The molecule has 8 nitrogen and oxygen atoms in total. The van der Waals surface area contributed by atoms with Crippen LogP contribution in [-0.4, -0.2) is 81.2 Å². The minimum Gasteiger partial charge on any atom is -0.445 e. The second-order valence-electron chi connectivity index (χ2n) is 6.35. The molecular weight excluding hydrogens is 316 g/mol. The van der Waals surface area contributed by atoms with Gasteiger partial charge in [-0.1, -0.05) is 6.07 Å². The van der Waals surface area contributed by atoms with Gasteiger partial charge in [0.05, 0.1) is 6.61 Å². The van der Waals surface area contributed by atoms with Gasteiger partial charge in [0.2, 0.25) is 12.2 Å². The Morgan fingerprint density at radius 2 is 2.08 bits per heavy atom. The molecule has 1 aromatic heterocycles. The number of aliphatic hydroxyl groups is 4. The maximum atomic E-state index is 10.1. The van der Waals surface area contributed by atoms with Crippen molar-refractivity contribution in [1.82, 2.24) is 9.88 Å². The fourth-order valence-corrected chi connectivity index (χ4v) is 3.33. The zero-order valence-corrected chi connectivity index (χ0v) is 13.5. The first-order valence-electron chi connectivity index (χ1n) is 8.15. The lowest BCUT2D eigenvalue weighted by atomic mass is 9.99. The molecule has 2 aliphatic heterocycles. The van der Waals surface area contributed by atoms with Crippen molar-refractivity contribution in [2.75, 3.05) is 20.2 Å². The van der Waals surface area contributed by atoms with Crippen molar-refractivity contribution in [3.8, 4) is 5.88 Å². The number of rotatable bonds is 4. The molecule has 0 saturated carbocycles. The molecule has 2 fully saturated rings. The van der Waals surface area contributed by atoms with Crippen LogP contribution in [0, 0.1) is 0 Å². The highest BCUT2D eigenvalue weighted by Crippen LogP contribution is 2.35. The van der Waals surface area contributed by atoms with Gasteiger partial charge in [-0.2, -0.15) is 0 Å². The predicted octanol–water partition coefficient (Wildman–Crippen LogP) is -0.973. The molecule has 2 saturated heterocycles. The van der Waals surface area contributed by atoms with E-state index in [0.717, 1.165) is 24.9 Å². The summed E-state index contributed by atoms with van der Waals surface area (Å²) in [4.78, 5) is 6.44. The summed E-state index contributed by atoms with van der Waals surface area (Å²) in [5, 5.41) is 39.1. The summed E-state index contributed by atoms with van der Waals surface area (Å²) in [6, 6.07) is 3.90. The maximum Gasteiger partial charge on any atom is 0.231 e. The van der Waals surface area contributed by atoms with Crippen LogP contribution in [-0.2, 0) is 4.74 Å². The molecule has 0 aliphatic carbocycles. The van der Waals surface area contributed by atoms with Crippen LogP contribution >= 0.6 is 0 Å². The van der Waals surface area contributed by atoms with Crippen LogP contribution in [0.4, 0.5) is 0 Å². The van der Waals surface area contributed by atoms with E-state index in [9.17, 15) is 20.4 Å². The average Bonchev–Trinajstić information content (AvgIpc) is 3.01. The SMILES string of the molecule is CN1CCC[C@@H]1c1cccnc1O[C@@H]1O[C@H](CO)[C@H](O)[C@H](O)[C@H]1O. The van der Waals surface area contributed by atoms with Crippen molar-refractivity contribution >= 4 is 0 Å². The third kappa shape index (κ3) is 3.26. The van der Waals surface area contributed by atoms with Gasteiger partial charge >= 0.3 is 0 Å². The average molecular weight is 340 g/mol. The highest BCUT2D eigenvalue weighted by molar-refractivity contribution is 5.30. The van der Waals surface area contributed by atoms with Gasteiger partial charge in [-0.25, -0.2) is 4.98 Å². The van der Waals surface area contributed by atoms with Crippen molar-refractivity contribution in [1.29, 1.82) is 0 Å². The highest BCUT2D eigenvalue weighted by Gasteiger charge is 2.45. The summed E-state index contributed by atoms with van der Waals surface area (Å²) in [5.74, 6) is 0.320. The van der Waals surface area contributed by atoms with E-state index in [-0.39, 0.29) is 6.04 Å². The van der Waals surface area contributed by atoms with Crippen molar-refractivity contribution in [3.05, 3.63) is 23.9 Å². The van der Waals surface area contributed by atoms with E-state index >= 15 is 0 Å². The first kappa shape index (κ1) is 17.5. The van der Waals surface area contributed by atoms with Gasteiger partial charge in [0.15, 0.2) is 0 Å². The lowest BCUT2D eigenvalue weighted by molar-refractivity contribution is -0.278. The predicted molar refractivity (Wildman–Crippen MR) is 83.2 cm³/mol. The fourth-order valence-electron chi connectivity index (χ4n) is 3.33. The summed E-state index contributed by atoms with van der Waals surface area (Å²) >= 11 is 0. The first-order chi connectivity index (χ1) is 11.5. The molecule has 134 valence electrons. The molecule has 3 heterocycles. The van der Waals surface area contributed by atoms with E-state index in [2.05, 4.69) is 9.88 Å². The van der Waals surface area contributed by atoms with Crippen LogP contribution in [0.2, 0.25) is 0 Å². The van der Waals surface area contributed by atoms with Crippen LogP contribution in [0.5, 0.6) is 5.88 Å². The van der Waals surface area contributed by atoms with E-state index in [1.807, 2.05) is 19.2 Å². The van der Waals surface area contributed by atoms with Crippen molar-refractivity contribution in [2.45, 2.75) is 49.6 Å². The Kier molecular flexibility index (Phi) is 5.33. The molecule has 8 heteroatoms. The normalized spacial score (nSPS) is 37.5. The summed E-state index contributed by atoms with van der Waals surface area (Å²) in [7, 11) is 2.03. The standard InChI is InChI=1S/C16H24N2O6/c1-18-7-3-5-10(18)9-4-2-6-17-15(9)24-16-14(22)13(21)12(20)11(8-19)23-16/h2,4,6,10-14,16,19-22H,3,5,7-8H2,1H3/t10-,11-,12+,13+,14-,16+/m1/s1. The Hall–Kier alpha value is -1.29. The second-order valence-corrected chi connectivity index (χ2v) is 6.35. The Balaban J connectivity index is 1.80. The maximum absolute atomic E-state index is 10.1. The van der Waals surface area contributed by atoms with Gasteiger partial charge in [-0.15, -0.1) is 0 Å². The van der Waals surface area contributed by atoms with Crippen LogP contribution in [0.1, 0.15) is 24.4 Å². The molecule has 0 spiro atoms. The van der Waals surface area contributed by atoms with Gasteiger partial charge in [-0.3, -0.25) is 4.90 Å². The number of likely N-dealkylation sites (tertiary alicyclic amines) is 1. The molecule has 0 radical (unpaired) electrons. The molecular formula is C16H24N2O6. The molecule has 3 rings (SSSR count). The van der Waals surface area contributed by atoms with E-state index in [1.165, 1.54) is 0 Å². The molecule has 0 aromatic carbocycles. The van der Waals surface area contributed by atoms with Gasteiger partial charge in [0, 0.05) is 17.8 Å². The summed E-state index contributed by atoms with van der Waals surface area (Å²) in [5.41, 5.74) is 0.884. The molecule has 0 bridgehead atoms. The van der Waals surface area contributed by atoms with Crippen molar-refractivity contribution in [3.63, 3.8) is 0 Å². The van der Waals surface area contributed by atoms with Gasteiger partial charge in [0.1, 0.15) is 24.4 Å². The van der Waals surface area contributed by atoms with Crippen molar-refractivity contribution < 1.29 is 29.9 Å². The Morgan fingerprint density at radius 1 is 1.29 bits per heavy atom. The zero-order valence-electron chi connectivity index (χ0n) is 13.5. The van der Waals surface area contributed by atoms with Gasteiger partial charge in [0.25, 0.3) is 0 Å². The molecule has 0 amide bonds. The Morgan fingerprint density at radius 3 is 2.75 bits per heavy atom. The molecule has 0 unspecified atom stereocenters. The van der Waals surface area contributed by atoms with Crippen LogP contribution < -0.4 is 4.74 Å².